The molecule has 0 aliphatic carbocycles. The van der Waals surface area contributed by atoms with Crippen LogP contribution in [0.3, 0.4) is 0 Å². The summed E-state index contributed by atoms with van der Waals surface area (Å²) in [6, 6.07) is 0. The molecule has 0 aromatic rings. The van der Waals surface area contributed by atoms with Gasteiger partial charge in [-0.2, -0.15) is 0 Å². The molecule has 0 saturated heterocycles. The van der Waals surface area contributed by atoms with Gasteiger partial charge in [-0.3, -0.25) is 37.3 Å². The van der Waals surface area contributed by atoms with Crippen molar-refractivity contribution in [3.8, 4) is 0 Å². The normalized spacial score (nSPS) is 14.4. The van der Waals surface area contributed by atoms with Crippen LogP contribution < -0.4 is 0 Å². The third-order valence-electron chi connectivity index (χ3n) is 12.9. The Morgan fingerprint density at radius 2 is 0.533 bits per heavy atom. The highest BCUT2D eigenvalue weighted by atomic mass is 31.2. The van der Waals surface area contributed by atoms with Gasteiger partial charge in [0.1, 0.15) is 19.3 Å². The van der Waals surface area contributed by atoms with Crippen LogP contribution in [0.25, 0.3) is 0 Å². The maximum atomic E-state index is 12.8. The van der Waals surface area contributed by atoms with Crippen molar-refractivity contribution in [1.82, 2.24) is 0 Å². The molecular weight excluding hydrogens is 1010 g/mol. The van der Waals surface area contributed by atoms with Gasteiger partial charge in [0.15, 0.2) is 12.2 Å². The minimum Gasteiger partial charge on any atom is -0.462 e. The zero-order chi connectivity index (χ0) is 55.5. The molecule has 0 radical (unpaired) electrons. The van der Waals surface area contributed by atoms with Gasteiger partial charge in [0.25, 0.3) is 0 Å². The standard InChI is InChI=1S/C56H108O17P2/c1-5-9-13-16-18-20-22-24-26-28-30-32-35-38-41-54(59)67-47-52(73-56(61)43-39-33-15-11-7-3)49-71-75(64,65)69-45-50(57)44-68-74(62,63)70-48-51(72-55(60)42-36-12-8-4)46-66-53(58)40-37-34-31-29-27-25-23-21-19-17-14-10-6-2/h50-52,57H,5-49H2,1-4H3,(H,62,63)(H,64,65)/t50-,51-,52-/m1/s1. The molecule has 19 heteroatoms. The molecule has 0 spiro atoms. The number of carbonyl (C=O) groups is 4. The van der Waals surface area contributed by atoms with Crippen LogP contribution in [0, 0.1) is 0 Å². The largest absolute Gasteiger partial charge is 0.472 e. The fourth-order valence-corrected chi connectivity index (χ4v) is 9.80. The van der Waals surface area contributed by atoms with E-state index in [9.17, 15) is 43.2 Å². The molecule has 0 rings (SSSR count). The molecule has 0 fully saturated rings. The second-order valence-corrected chi connectivity index (χ2v) is 23.2. The van der Waals surface area contributed by atoms with Crippen LogP contribution >= 0.6 is 15.6 Å². The number of carbonyl (C=O) groups excluding carboxylic acids is 4. The van der Waals surface area contributed by atoms with Gasteiger partial charge >= 0.3 is 39.5 Å². The van der Waals surface area contributed by atoms with Crippen LogP contribution in [0.2, 0.25) is 0 Å². The quantitative estimate of drug-likeness (QED) is 0.0222. The Morgan fingerprint density at radius 3 is 0.813 bits per heavy atom. The number of hydrogen-bond acceptors (Lipinski definition) is 15. The van der Waals surface area contributed by atoms with Gasteiger partial charge in [0, 0.05) is 25.7 Å². The van der Waals surface area contributed by atoms with Crippen molar-refractivity contribution in [1.29, 1.82) is 0 Å². The van der Waals surface area contributed by atoms with Crippen molar-refractivity contribution >= 4 is 39.5 Å². The number of unbranched alkanes of at least 4 members (excludes halogenated alkanes) is 31. The number of aliphatic hydroxyl groups is 1. The third kappa shape index (κ3) is 51.3. The van der Waals surface area contributed by atoms with Gasteiger partial charge in [-0.05, 0) is 25.7 Å². The molecule has 0 heterocycles. The van der Waals surface area contributed by atoms with E-state index in [2.05, 4.69) is 20.8 Å². The molecular formula is C56H108O17P2. The molecule has 3 N–H and O–H groups in total. The van der Waals surface area contributed by atoms with Crippen LogP contribution in [0.5, 0.6) is 0 Å². The molecule has 2 unspecified atom stereocenters. The average molecular weight is 1120 g/mol. The monoisotopic (exact) mass is 1110 g/mol. The first-order chi connectivity index (χ1) is 36.2. The van der Waals surface area contributed by atoms with Crippen molar-refractivity contribution in [3.63, 3.8) is 0 Å². The Labute approximate surface area is 454 Å². The van der Waals surface area contributed by atoms with Crippen LogP contribution in [0.1, 0.15) is 278 Å². The summed E-state index contributed by atoms with van der Waals surface area (Å²) in [5, 5.41) is 10.4. The van der Waals surface area contributed by atoms with E-state index in [1.165, 1.54) is 122 Å². The van der Waals surface area contributed by atoms with Crippen LogP contribution in [-0.2, 0) is 65.4 Å². The molecule has 75 heavy (non-hydrogen) atoms. The SMILES string of the molecule is CCCCCCCCCCCCCCCCC(=O)OC[C@H](COP(=O)(O)OC[C@H](O)COP(=O)(O)OC[C@@H](COC(=O)CCCCCCCCCCCCCCC)OC(=O)CCCCC)OC(=O)CCCCCCC. The summed E-state index contributed by atoms with van der Waals surface area (Å²) in [7, 11) is -9.84. The minimum atomic E-state index is -4.92. The van der Waals surface area contributed by atoms with E-state index < -0.39 is 97.5 Å². The fraction of sp³-hybridized carbons (Fsp3) is 0.929. The van der Waals surface area contributed by atoms with Crippen molar-refractivity contribution in [2.75, 3.05) is 39.6 Å². The summed E-state index contributed by atoms with van der Waals surface area (Å²) in [5.74, 6) is -2.18. The topological polar surface area (TPSA) is 237 Å². The molecule has 0 aliphatic rings. The van der Waals surface area contributed by atoms with Gasteiger partial charge in [-0.25, -0.2) is 9.13 Å². The molecule has 0 aliphatic heterocycles. The second kappa shape index (κ2) is 51.5. The zero-order valence-corrected chi connectivity index (χ0v) is 49.3. The lowest BCUT2D eigenvalue weighted by Gasteiger charge is -2.21. The summed E-state index contributed by atoms with van der Waals surface area (Å²) < 4.78 is 67.0. The van der Waals surface area contributed by atoms with Crippen LogP contribution in [-0.4, -0.2) is 96.7 Å². The molecule has 0 aromatic carbocycles. The second-order valence-electron chi connectivity index (χ2n) is 20.3. The molecule has 0 saturated carbocycles. The molecule has 0 aromatic heterocycles. The Balaban J connectivity index is 4.91. The zero-order valence-electron chi connectivity index (χ0n) is 47.5. The van der Waals surface area contributed by atoms with Crippen molar-refractivity contribution in [2.24, 2.45) is 0 Å². The van der Waals surface area contributed by atoms with Crippen molar-refractivity contribution < 1.29 is 80.2 Å². The number of aliphatic hydroxyl groups excluding tert-OH is 1. The first-order valence-electron chi connectivity index (χ1n) is 29.8. The van der Waals surface area contributed by atoms with E-state index in [4.69, 9.17) is 37.0 Å². The molecule has 5 atom stereocenters. The average Bonchev–Trinajstić information content (AvgIpc) is 3.38. The van der Waals surface area contributed by atoms with Crippen molar-refractivity contribution in [3.05, 3.63) is 0 Å². The lowest BCUT2D eigenvalue weighted by molar-refractivity contribution is -0.161. The lowest BCUT2D eigenvalue weighted by atomic mass is 10.0. The maximum absolute atomic E-state index is 12.8. The van der Waals surface area contributed by atoms with E-state index in [-0.39, 0.29) is 25.7 Å². The van der Waals surface area contributed by atoms with E-state index in [1.54, 1.807) is 0 Å². The van der Waals surface area contributed by atoms with E-state index in [0.29, 0.717) is 25.7 Å². The van der Waals surface area contributed by atoms with Crippen LogP contribution in [0.15, 0.2) is 0 Å². The molecule has 17 nitrogen and oxygen atoms in total. The highest BCUT2D eigenvalue weighted by Crippen LogP contribution is 2.45. The summed E-state index contributed by atoms with van der Waals surface area (Å²) in [5.41, 5.74) is 0. The molecule has 0 amide bonds. The van der Waals surface area contributed by atoms with Gasteiger partial charge in [-0.15, -0.1) is 0 Å². The number of hydrogen-bond donors (Lipinski definition) is 3. The number of esters is 4. The van der Waals surface area contributed by atoms with Gasteiger partial charge in [0.05, 0.1) is 26.4 Å². The lowest BCUT2D eigenvalue weighted by Crippen LogP contribution is -2.30. The highest BCUT2D eigenvalue weighted by molar-refractivity contribution is 7.47. The predicted octanol–water partition coefficient (Wildman–Crippen LogP) is 14.8. The van der Waals surface area contributed by atoms with Crippen molar-refractivity contribution in [2.45, 2.75) is 296 Å². The third-order valence-corrected chi connectivity index (χ3v) is 14.8. The smallest absolute Gasteiger partial charge is 0.462 e. The van der Waals surface area contributed by atoms with Gasteiger partial charge in [-0.1, -0.05) is 227 Å². The number of ether oxygens (including phenoxy) is 4. The summed E-state index contributed by atoms with van der Waals surface area (Å²) in [6.45, 7) is 4.56. The summed E-state index contributed by atoms with van der Waals surface area (Å²) >= 11 is 0. The highest BCUT2D eigenvalue weighted by Gasteiger charge is 2.30. The predicted molar refractivity (Wildman–Crippen MR) is 294 cm³/mol. The van der Waals surface area contributed by atoms with Gasteiger partial charge < -0.3 is 33.8 Å². The molecule has 0 bridgehead atoms. The Kier molecular flexibility index (Phi) is 50.2. The first-order valence-corrected chi connectivity index (χ1v) is 32.8. The number of phosphoric acid groups is 2. The maximum Gasteiger partial charge on any atom is 0.472 e. The molecule has 444 valence electrons. The Hall–Kier alpha value is -1.94. The first kappa shape index (κ1) is 73.1. The number of rotatable bonds is 57. The number of phosphoric ester groups is 2. The van der Waals surface area contributed by atoms with E-state index in [0.717, 1.165) is 77.0 Å². The minimum absolute atomic E-state index is 0.0905. The Bertz CT molecular complexity index is 1470. The summed E-state index contributed by atoms with van der Waals surface area (Å²) in [6.07, 6.45) is 34.7. The summed E-state index contributed by atoms with van der Waals surface area (Å²) in [4.78, 5) is 71.1. The van der Waals surface area contributed by atoms with E-state index >= 15 is 0 Å². The van der Waals surface area contributed by atoms with E-state index in [1.807, 2.05) is 6.92 Å². The van der Waals surface area contributed by atoms with Crippen LogP contribution in [0.4, 0.5) is 0 Å². The Morgan fingerprint density at radius 1 is 0.320 bits per heavy atom. The van der Waals surface area contributed by atoms with Gasteiger partial charge in [0.2, 0.25) is 0 Å². The fourth-order valence-electron chi connectivity index (χ4n) is 8.22.